The number of rotatable bonds is 1. The molecule has 0 spiro atoms. The predicted octanol–water partition coefficient (Wildman–Crippen LogP) is 1.58. The zero-order valence-electron chi connectivity index (χ0n) is 3.25. The summed E-state index contributed by atoms with van der Waals surface area (Å²) in [7, 11) is 0. The molecular formula is C3H5F2Ge. The molecule has 0 aromatic rings. The third-order valence-corrected chi connectivity index (χ3v) is 3.39. The van der Waals surface area contributed by atoms with E-state index in [0.717, 1.165) is 12.8 Å². The summed E-state index contributed by atoms with van der Waals surface area (Å²) in [5, 5.41) is 0. The monoisotopic (exact) mass is 153 g/mol. The molecule has 1 radical (unpaired) electrons. The van der Waals surface area contributed by atoms with Gasteiger partial charge in [-0.1, -0.05) is 0 Å². The van der Waals surface area contributed by atoms with Crippen LogP contribution in [0.15, 0.2) is 0 Å². The zero-order chi connectivity index (χ0) is 4.57. The summed E-state index contributed by atoms with van der Waals surface area (Å²) in [4.78, 5) is 0. The van der Waals surface area contributed by atoms with Crippen molar-refractivity contribution < 1.29 is 7.00 Å². The third-order valence-electron chi connectivity index (χ3n) is 0.886. The standard InChI is InChI=1S/C3H5F2Ge/c4-6(5)3-1-2-3/h3H,1-2H2. The summed E-state index contributed by atoms with van der Waals surface area (Å²) in [5.74, 6) is 0. The molecule has 0 amide bonds. The molecule has 1 fully saturated rings. The molecule has 3 heteroatoms. The van der Waals surface area contributed by atoms with E-state index >= 15 is 0 Å². The van der Waals surface area contributed by atoms with E-state index in [-0.39, 0.29) is 4.75 Å². The van der Waals surface area contributed by atoms with Crippen molar-refractivity contribution >= 4 is 15.3 Å². The van der Waals surface area contributed by atoms with Crippen LogP contribution in [0.2, 0.25) is 4.75 Å². The summed E-state index contributed by atoms with van der Waals surface area (Å²) in [6.07, 6.45) is 1.64. The molecule has 0 N–H and O–H groups in total. The van der Waals surface area contributed by atoms with Gasteiger partial charge in [-0.2, -0.15) is 0 Å². The fourth-order valence-corrected chi connectivity index (χ4v) is 1.57. The van der Waals surface area contributed by atoms with Crippen LogP contribution in [0.25, 0.3) is 0 Å². The molecule has 1 aliphatic rings. The van der Waals surface area contributed by atoms with E-state index in [4.69, 9.17) is 0 Å². The molecule has 0 aromatic heterocycles. The van der Waals surface area contributed by atoms with Gasteiger partial charge in [-0.25, -0.2) is 0 Å². The Bertz CT molecular complexity index is 50.8. The topological polar surface area (TPSA) is 0 Å². The first-order valence-electron chi connectivity index (χ1n) is 1.98. The second-order valence-corrected chi connectivity index (χ2v) is 4.49. The second-order valence-electron chi connectivity index (χ2n) is 1.56. The van der Waals surface area contributed by atoms with Gasteiger partial charge in [0.25, 0.3) is 0 Å². The Hall–Kier alpha value is 0.403. The van der Waals surface area contributed by atoms with Crippen molar-refractivity contribution in [3.63, 3.8) is 0 Å². The van der Waals surface area contributed by atoms with Crippen LogP contribution in [0.4, 0.5) is 7.00 Å². The van der Waals surface area contributed by atoms with Gasteiger partial charge in [0, 0.05) is 0 Å². The Morgan fingerprint density at radius 1 is 1.33 bits per heavy atom. The summed E-state index contributed by atoms with van der Waals surface area (Å²) in [6.45, 7) is 0. The third kappa shape index (κ3) is 0.930. The predicted molar refractivity (Wildman–Crippen MR) is 21.0 cm³/mol. The first-order chi connectivity index (χ1) is 2.80. The van der Waals surface area contributed by atoms with Crippen LogP contribution in [-0.4, -0.2) is 15.3 Å². The SMILES string of the molecule is [F][Ge]([F])[CH]1CC1. The van der Waals surface area contributed by atoms with Crippen LogP contribution in [0.3, 0.4) is 0 Å². The molecule has 35 valence electrons. The maximum absolute atomic E-state index is 11.4. The maximum atomic E-state index is 11.4. The molecule has 0 atom stereocenters. The molecule has 0 aromatic carbocycles. The van der Waals surface area contributed by atoms with E-state index in [1.54, 1.807) is 0 Å². The molecule has 0 saturated heterocycles. The second kappa shape index (κ2) is 1.48. The summed E-state index contributed by atoms with van der Waals surface area (Å²) in [5.41, 5.74) is 0. The van der Waals surface area contributed by atoms with Crippen LogP contribution in [-0.2, 0) is 0 Å². The fraction of sp³-hybridized carbons (Fsp3) is 1.00. The Morgan fingerprint density at radius 3 is 1.83 bits per heavy atom. The number of hydrogen-bond donors (Lipinski definition) is 0. The molecule has 1 rings (SSSR count). The van der Waals surface area contributed by atoms with Gasteiger partial charge in [0.05, 0.1) is 0 Å². The van der Waals surface area contributed by atoms with Crippen molar-refractivity contribution in [1.29, 1.82) is 0 Å². The van der Waals surface area contributed by atoms with E-state index < -0.39 is 15.3 Å². The van der Waals surface area contributed by atoms with Gasteiger partial charge in [0.2, 0.25) is 0 Å². The quantitative estimate of drug-likeness (QED) is 0.500. The van der Waals surface area contributed by atoms with Crippen LogP contribution in [0.5, 0.6) is 0 Å². The van der Waals surface area contributed by atoms with Crippen molar-refractivity contribution in [2.24, 2.45) is 0 Å². The Kier molecular flexibility index (Phi) is 1.13. The summed E-state index contributed by atoms with van der Waals surface area (Å²) >= 11 is -3.35. The van der Waals surface area contributed by atoms with Crippen LogP contribution >= 0.6 is 0 Å². The molecule has 0 bridgehead atoms. The van der Waals surface area contributed by atoms with Gasteiger partial charge in [-0.15, -0.1) is 0 Å². The molecule has 0 aliphatic heterocycles. The molecule has 0 heterocycles. The van der Waals surface area contributed by atoms with Crippen molar-refractivity contribution in [2.45, 2.75) is 17.6 Å². The molecule has 1 aliphatic carbocycles. The van der Waals surface area contributed by atoms with Crippen LogP contribution < -0.4 is 0 Å². The number of hydrogen-bond acceptors (Lipinski definition) is 0. The first kappa shape index (κ1) is 4.56. The molecule has 0 unspecified atom stereocenters. The minimum atomic E-state index is -3.35. The van der Waals surface area contributed by atoms with Crippen LogP contribution in [0, 0.1) is 0 Å². The average Bonchev–Trinajstić information content (AvgIpc) is 2.06. The molecular weight excluding hydrogens is 147 g/mol. The minimum absolute atomic E-state index is 0.0648. The van der Waals surface area contributed by atoms with E-state index in [1.807, 2.05) is 0 Å². The van der Waals surface area contributed by atoms with Crippen LogP contribution in [0.1, 0.15) is 12.8 Å². The molecule has 1 saturated carbocycles. The Balaban J connectivity index is 2.13. The van der Waals surface area contributed by atoms with Crippen molar-refractivity contribution in [1.82, 2.24) is 0 Å². The van der Waals surface area contributed by atoms with Gasteiger partial charge in [-0.3, -0.25) is 0 Å². The first-order valence-corrected chi connectivity index (χ1v) is 4.78. The number of halogens is 2. The molecule has 0 nitrogen and oxygen atoms in total. The zero-order valence-corrected chi connectivity index (χ0v) is 5.35. The average molecular weight is 152 g/mol. The summed E-state index contributed by atoms with van der Waals surface area (Å²) < 4.78 is 22.7. The van der Waals surface area contributed by atoms with E-state index in [1.165, 1.54) is 0 Å². The summed E-state index contributed by atoms with van der Waals surface area (Å²) in [6, 6.07) is 0. The van der Waals surface area contributed by atoms with Gasteiger partial charge >= 0.3 is 39.9 Å². The van der Waals surface area contributed by atoms with Gasteiger partial charge in [0.1, 0.15) is 0 Å². The van der Waals surface area contributed by atoms with Crippen molar-refractivity contribution in [2.75, 3.05) is 0 Å². The van der Waals surface area contributed by atoms with Gasteiger partial charge in [0.15, 0.2) is 0 Å². The van der Waals surface area contributed by atoms with Gasteiger partial charge in [-0.05, 0) is 0 Å². The normalized spacial score (nSPS) is 22.5. The molecule has 6 heavy (non-hydrogen) atoms. The Labute approximate surface area is 40.6 Å². The van der Waals surface area contributed by atoms with E-state index in [0.29, 0.717) is 0 Å². The van der Waals surface area contributed by atoms with E-state index in [2.05, 4.69) is 0 Å². The fourth-order valence-electron chi connectivity index (χ4n) is 0.302. The Morgan fingerprint density at radius 2 is 1.83 bits per heavy atom. The van der Waals surface area contributed by atoms with Gasteiger partial charge < -0.3 is 0 Å². The van der Waals surface area contributed by atoms with E-state index in [9.17, 15) is 7.00 Å². The van der Waals surface area contributed by atoms with Crippen molar-refractivity contribution in [3.8, 4) is 0 Å². The van der Waals surface area contributed by atoms with Crippen molar-refractivity contribution in [3.05, 3.63) is 0 Å².